The average molecular weight is 341 g/mol. The maximum absolute atomic E-state index is 12.4. The van der Waals surface area contributed by atoms with Crippen LogP contribution in [0, 0.1) is 16.0 Å². The van der Waals surface area contributed by atoms with Gasteiger partial charge in [-0.1, -0.05) is 18.2 Å². The summed E-state index contributed by atoms with van der Waals surface area (Å²) in [6, 6.07) is 7.67. The first-order valence-electron chi connectivity index (χ1n) is 7.53. The number of methoxy groups -OCH3 is 1. The molecule has 1 aromatic heterocycles. The lowest BCUT2D eigenvalue weighted by Crippen LogP contribution is -2.36. The standard InChI is InChI=1S/C17H15N3O5/c1-9-13(17(22)25-2)14(10-5-3-4-6-12(10)20(23)24)15-11(19-9)7-8-18-16(15)21/h3-8,13-14H,1-2H3,(H,18,21). The number of aromatic amines is 1. The van der Waals surface area contributed by atoms with Crippen LogP contribution in [-0.2, 0) is 9.53 Å². The number of hydrogen-bond acceptors (Lipinski definition) is 6. The summed E-state index contributed by atoms with van der Waals surface area (Å²) in [7, 11) is 1.23. The smallest absolute Gasteiger partial charge is 0.315 e. The highest BCUT2D eigenvalue weighted by Gasteiger charge is 2.42. The van der Waals surface area contributed by atoms with Crippen LogP contribution in [0.5, 0.6) is 0 Å². The molecular formula is C17H15N3O5. The zero-order chi connectivity index (χ0) is 18.1. The topological polar surface area (TPSA) is 115 Å². The molecule has 0 saturated carbocycles. The Morgan fingerprint density at radius 3 is 2.72 bits per heavy atom. The van der Waals surface area contributed by atoms with Gasteiger partial charge in [0.05, 0.1) is 23.3 Å². The monoisotopic (exact) mass is 341 g/mol. The summed E-state index contributed by atoms with van der Waals surface area (Å²) in [6.07, 6.45) is 1.45. The highest BCUT2D eigenvalue weighted by molar-refractivity contribution is 6.05. The molecule has 2 atom stereocenters. The second-order valence-corrected chi connectivity index (χ2v) is 5.65. The molecule has 0 bridgehead atoms. The van der Waals surface area contributed by atoms with Crippen molar-refractivity contribution in [3.8, 4) is 0 Å². The van der Waals surface area contributed by atoms with E-state index in [9.17, 15) is 19.7 Å². The molecule has 3 rings (SSSR count). The van der Waals surface area contributed by atoms with Crippen LogP contribution in [-0.4, -0.2) is 28.7 Å². The van der Waals surface area contributed by atoms with Crippen LogP contribution in [0.3, 0.4) is 0 Å². The Kier molecular flexibility index (Phi) is 4.18. The molecule has 1 N–H and O–H groups in total. The molecule has 1 aliphatic rings. The number of H-pyrrole nitrogens is 1. The summed E-state index contributed by atoms with van der Waals surface area (Å²) in [5, 5.41) is 11.5. The van der Waals surface area contributed by atoms with Crippen molar-refractivity contribution >= 4 is 23.1 Å². The summed E-state index contributed by atoms with van der Waals surface area (Å²) < 4.78 is 4.87. The first kappa shape index (κ1) is 16.6. The number of nitrogens with zero attached hydrogens (tertiary/aromatic N) is 2. The van der Waals surface area contributed by atoms with Crippen LogP contribution in [0.25, 0.3) is 0 Å². The van der Waals surface area contributed by atoms with Crippen molar-refractivity contribution in [2.24, 2.45) is 10.9 Å². The van der Waals surface area contributed by atoms with Crippen LogP contribution >= 0.6 is 0 Å². The molecule has 1 aromatic carbocycles. The summed E-state index contributed by atoms with van der Waals surface area (Å²) in [5.41, 5.74) is 0.724. The van der Waals surface area contributed by atoms with E-state index in [0.717, 1.165) is 0 Å². The number of aromatic nitrogens is 1. The molecule has 0 radical (unpaired) electrons. The number of nitrogens with one attached hydrogen (secondary N) is 1. The number of hydrogen-bond donors (Lipinski definition) is 1. The van der Waals surface area contributed by atoms with Crippen molar-refractivity contribution < 1.29 is 14.5 Å². The third-order valence-corrected chi connectivity index (χ3v) is 4.29. The molecule has 2 unspecified atom stereocenters. The number of pyridine rings is 1. The van der Waals surface area contributed by atoms with Gasteiger partial charge in [0.1, 0.15) is 5.92 Å². The Morgan fingerprint density at radius 1 is 1.32 bits per heavy atom. The van der Waals surface area contributed by atoms with Crippen LogP contribution in [0.4, 0.5) is 11.4 Å². The average Bonchev–Trinajstić information content (AvgIpc) is 2.60. The molecule has 0 spiro atoms. The molecule has 8 nitrogen and oxygen atoms in total. The van der Waals surface area contributed by atoms with Gasteiger partial charge in [0.2, 0.25) is 0 Å². The molecule has 8 heteroatoms. The fraction of sp³-hybridized carbons (Fsp3) is 0.235. The largest absolute Gasteiger partial charge is 0.468 e. The minimum atomic E-state index is -0.915. The number of fused-ring (bicyclic) bond motifs is 1. The van der Waals surface area contributed by atoms with Gasteiger partial charge in [-0.25, -0.2) is 0 Å². The van der Waals surface area contributed by atoms with E-state index < -0.39 is 28.3 Å². The number of para-hydroxylation sites is 1. The van der Waals surface area contributed by atoms with E-state index in [4.69, 9.17) is 4.74 Å². The zero-order valence-corrected chi connectivity index (χ0v) is 13.6. The number of carbonyl (C=O) groups excluding carboxylic acids is 1. The van der Waals surface area contributed by atoms with Crippen molar-refractivity contribution in [2.75, 3.05) is 7.11 Å². The second kappa shape index (κ2) is 6.31. The number of benzene rings is 1. The Bertz CT molecular complexity index is 947. The van der Waals surface area contributed by atoms with Gasteiger partial charge >= 0.3 is 5.97 Å². The van der Waals surface area contributed by atoms with E-state index >= 15 is 0 Å². The molecule has 128 valence electrons. The number of nitro groups is 1. The fourth-order valence-corrected chi connectivity index (χ4v) is 3.23. The van der Waals surface area contributed by atoms with Crippen LogP contribution < -0.4 is 5.56 Å². The van der Waals surface area contributed by atoms with Gasteiger partial charge in [0, 0.05) is 29.5 Å². The van der Waals surface area contributed by atoms with E-state index in [1.807, 2.05) is 0 Å². The van der Waals surface area contributed by atoms with E-state index in [2.05, 4.69) is 9.98 Å². The molecule has 0 fully saturated rings. The van der Waals surface area contributed by atoms with Gasteiger partial charge in [-0.2, -0.15) is 0 Å². The van der Waals surface area contributed by atoms with Crippen molar-refractivity contribution in [1.29, 1.82) is 0 Å². The third kappa shape index (κ3) is 2.71. The van der Waals surface area contributed by atoms with E-state index in [1.54, 1.807) is 25.1 Å². The van der Waals surface area contributed by atoms with Gasteiger partial charge in [-0.05, 0) is 13.0 Å². The fourth-order valence-electron chi connectivity index (χ4n) is 3.23. The Labute approximate surface area is 142 Å². The maximum Gasteiger partial charge on any atom is 0.315 e. The first-order valence-corrected chi connectivity index (χ1v) is 7.53. The van der Waals surface area contributed by atoms with Crippen LogP contribution in [0.2, 0.25) is 0 Å². The quantitative estimate of drug-likeness (QED) is 0.522. The summed E-state index contributed by atoms with van der Waals surface area (Å²) in [6.45, 7) is 1.65. The predicted molar refractivity (Wildman–Crippen MR) is 90.3 cm³/mol. The lowest BCUT2D eigenvalue weighted by Gasteiger charge is -2.29. The van der Waals surface area contributed by atoms with Gasteiger partial charge < -0.3 is 9.72 Å². The summed E-state index contributed by atoms with van der Waals surface area (Å²) in [4.78, 5) is 42.6. The number of aliphatic imine (C=N–C) groups is 1. The summed E-state index contributed by atoms with van der Waals surface area (Å²) >= 11 is 0. The Hall–Kier alpha value is -3.29. The van der Waals surface area contributed by atoms with Crippen molar-refractivity contribution in [1.82, 2.24) is 4.98 Å². The van der Waals surface area contributed by atoms with Crippen molar-refractivity contribution in [2.45, 2.75) is 12.8 Å². The number of nitro benzene ring substituents is 1. The van der Waals surface area contributed by atoms with Crippen LogP contribution in [0.1, 0.15) is 24.0 Å². The maximum atomic E-state index is 12.4. The predicted octanol–water partition coefficient (Wildman–Crippen LogP) is 2.31. The third-order valence-electron chi connectivity index (χ3n) is 4.29. The zero-order valence-electron chi connectivity index (χ0n) is 13.6. The summed E-state index contributed by atoms with van der Waals surface area (Å²) in [5.74, 6) is -2.37. The minimum Gasteiger partial charge on any atom is -0.468 e. The van der Waals surface area contributed by atoms with Crippen molar-refractivity contribution in [3.63, 3.8) is 0 Å². The molecule has 1 aliphatic heterocycles. The lowest BCUT2D eigenvalue weighted by atomic mass is 9.76. The van der Waals surface area contributed by atoms with Gasteiger partial charge in [-0.3, -0.25) is 24.7 Å². The molecule has 0 amide bonds. The highest BCUT2D eigenvalue weighted by Crippen LogP contribution is 2.43. The number of esters is 1. The van der Waals surface area contributed by atoms with Gasteiger partial charge in [0.25, 0.3) is 11.2 Å². The normalized spacial score (nSPS) is 18.9. The van der Waals surface area contributed by atoms with Gasteiger partial charge in [-0.15, -0.1) is 0 Å². The molecule has 0 aliphatic carbocycles. The molecule has 25 heavy (non-hydrogen) atoms. The highest BCUT2D eigenvalue weighted by atomic mass is 16.6. The molecular weight excluding hydrogens is 326 g/mol. The molecule has 2 aromatic rings. The van der Waals surface area contributed by atoms with E-state index in [1.165, 1.54) is 25.4 Å². The Morgan fingerprint density at radius 2 is 2.04 bits per heavy atom. The van der Waals surface area contributed by atoms with Crippen LogP contribution in [0.15, 0.2) is 46.3 Å². The SMILES string of the molecule is COC(=O)C1C(C)=Nc2cc[nH]c(=O)c2C1c1ccccc1[N+](=O)[O-]. The molecule has 2 heterocycles. The van der Waals surface area contributed by atoms with Gasteiger partial charge in [0.15, 0.2) is 0 Å². The van der Waals surface area contributed by atoms with E-state index in [-0.39, 0.29) is 16.8 Å². The number of carbonyl (C=O) groups is 1. The first-order chi connectivity index (χ1) is 12.0. The number of rotatable bonds is 3. The molecule has 0 saturated heterocycles. The minimum absolute atomic E-state index is 0.162. The van der Waals surface area contributed by atoms with E-state index in [0.29, 0.717) is 11.4 Å². The second-order valence-electron chi connectivity index (χ2n) is 5.65. The number of ether oxygens (including phenoxy) is 1. The Balaban J connectivity index is 2.35. The van der Waals surface area contributed by atoms with Crippen molar-refractivity contribution in [3.05, 3.63) is 68.1 Å². The lowest BCUT2D eigenvalue weighted by molar-refractivity contribution is -0.385.